The van der Waals surface area contributed by atoms with Crippen LogP contribution in [0, 0.1) is 11.7 Å². The van der Waals surface area contributed by atoms with E-state index in [-0.39, 0.29) is 11.7 Å². The molecule has 1 aromatic carbocycles. The van der Waals surface area contributed by atoms with Gasteiger partial charge >= 0.3 is 0 Å². The lowest BCUT2D eigenvalue weighted by Gasteiger charge is -2.26. The quantitative estimate of drug-likeness (QED) is 0.731. The van der Waals surface area contributed by atoms with Crippen molar-refractivity contribution in [1.29, 1.82) is 0 Å². The number of nitrogens with two attached hydrogens (primary N) is 2. The SMILES string of the molecule is Cn1nc(-c2ccc(OC[C@H]3CC[C@H](N)CC3)c(F)c2)c2cnc(N)nc21. The first-order valence-corrected chi connectivity index (χ1v) is 9.15. The van der Waals surface area contributed by atoms with E-state index in [0.717, 1.165) is 31.1 Å². The maximum absolute atomic E-state index is 14.6. The second kappa shape index (κ2) is 7.11. The summed E-state index contributed by atoms with van der Waals surface area (Å²) in [6.45, 7) is 0.516. The zero-order valence-electron chi connectivity index (χ0n) is 15.2. The van der Waals surface area contributed by atoms with Gasteiger partial charge in [-0.15, -0.1) is 0 Å². The maximum atomic E-state index is 14.6. The van der Waals surface area contributed by atoms with Crippen LogP contribution in [0.1, 0.15) is 25.7 Å². The Morgan fingerprint density at radius 3 is 2.78 bits per heavy atom. The van der Waals surface area contributed by atoms with Crippen molar-refractivity contribution in [2.45, 2.75) is 31.7 Å². The van der Waals surface area contributed by atoms with Gasteiger partial charge in [-0.3, -0.25) is 0 Å². The number of ether oxygens (including phenoxy) is 1. The molecule has 0 radical (unpaired) electrons. The van der Waals surface area contributed by atoms with Gasteiger partial charge < -0.3 is 16.2 Å². The van der Waals surface area contributed by atoms with Crippen LogP contribution in [0.2, 0.25) is 0 Å². The van der Waals surface area contributed by atoms with Crippen LogP contribution in [-0.2, 0) is 7.05 Å². The van der Waals surface area contributed by atoms with Gasteiger partial charge in [0.15, 0.2) is 17.2 Å². The predicted octanol–water partition coefficient (Wildman–Crippen LogP) is 2.65. The predicted molar refractivity (Wildman–Crippen MR) is 102 cm³/mol. The Hall–Kier alpha value is -2.74. The van der Waals surface area contributed by atoms with Gasteiger partial charge in [0.25, 0.3) is 0 Å². The Kier molecular flexibility index (Phi) is 4.65. The van der Waals surface area contributed by atoms with E-state index in [0.29, 0.717) is 35.5 Å². The van der Waals surface area contributed by atoms with Crippen LogP contribution in [0.15, 0.2) is 24.4 Å². The summed E-state index contributed by atoms with van der Waals surface area (Å²) in [4.78, 5) is 8.21. The summed E-state index contributed by atoms with van der Waals surface area (Å²) in [5.74, 6) is 0.464. The Morgan fingerprint density at radius 1 is 1.26 bits per heavy atom. The van der Waals surface area contributed by atoms with Crippen molar-refractivity contribution in [2.75, 3.05) is 12.3 Å². The molecule has 1 aliphatic rings. The summed E-state index contributed by atoms with van der Waals surface area (Å²) >= 11 is 0. The van der Waals surface area contributed by atoms with Gasteiger partial charge in [-0.1, -0.05) is 0 Å². The third-order valence-electron chi connectivity index (χ3n) is 5.17. The summed E-state index contributed by atoms with van der Waals surface area (Å²) in [6.07, 6.45) is 5.69. The van der Waals surface area contributed by atoms with Gasteiger partial charge in [0.1, 0.15) is 5.69 Å². The Bertz CT molecular complexity index is 964. The summed E-state index contributed by atoms with van der Waals surface area (Å²) < 4.78 is 21.9. The minimum atomic E-state index is -0.407. The molecular weight excluding hydrogens is 347 g/mol. The molecule has 3 aromatic rings. The summed E-state index contributed by atoms with van der Waals surface area (Å²) in [5, 5.41) is 5.16. The van der Waals surface area contributed by atoms with E-state index in [1.54, 1.807) is 30.1 Å². The van der Waals surface area contributed by atoms with Crippen molar-refractivity contribution in [3.8, 4) is 17.0 Å². The average Bonchev–Trinajstić information content (AvgIpc) is 2.98. The maximum Gasteiger partial charge on any atom is 0.222 e. The zero-order valence-corrected chi connectivity index (χ0v) is 15.2. The number of benzene rings is 1. The number of aromatic nitrogens is 4. The molecule has 8 heteroatoms. The van der Waals surface area contributed by atoms with Crippen molar-refractivity contribution >= 4 is 17.0 Å². The van der Waals surface area contributed by atoms with Gasteiger partial charge in [-0.2, -0.15) is 10.1 Å². The topological polar surface area (TPSA) is 105 Å². The van der Waals surface area contributed by atoms with Crippen molar-refractivity contribution in [1.82, 2.24) is 19.7 Å². The highest BCUT2D eigenvalue weighted by Gasteiger charge is 2.20. The number of nitrogen functional groups attached to an aromatic ring is 1. The number of rotatable bonds is 4. The smallest absolute Gasteiger partial charge is 0.222 e. The van der Waals surface area contributed by atoms with E-state index in [2.05, 4.69) is 15.1 Å². The third-order valence-corrected chi connectivity index (χ3v) is 5.17. The Labute approximate surface area is 156 Å². The van der Waals surface area contributed by atoms with Crippen LogP contribution in [0.4, 0.5) is 10.3 Å². The number of anilines is 1. The summed E-state index contributed by atoms with van der Waals surface area (Å²) in [5.41, 5.74) is 13.4. The second-order valence-electron chi connectivity index (χ2n) is 7.17. The monoisotopic (exact) mass is 370 g/mol. The first kappa shape index (κ1) is 17.7. The largest absolute Gasteiger partial charge is 0.490 e. The molecule has 0 aliphatic heterocycles. The van der Waals surface area contributed by atoms with Crippen LogP contribution in [0.5, 0.6) is 5.75 Å². The minimum Gasteiger partial charge on any atom is -0.490 e. The standard InChI is InChI=1S/C19H23FN6O/c1-26-18-14(9-23-19(22)24-18)17(25-26)12-4-7-16(15(20)8-12)27-10-11-2-5-13(21)6-3-11/h4,7-9,11,13H,2-3,5-6,10,21H2,1H3,(H2,22,23,24)/t11-,13-. The number of nitrogens with zero attached hydrogens (tertiary/aromatic N) is 4. The molecule has 0 unspecified atom stereocenters. The molecule has 142 valence electrons. The van der Waals surface area contributed by atoms with E-state index in [1.807, 2.05) is 0 Å². The molecule has 0 amide bonds. The van der Waals surface area contributed by atoms with Crippen molar-refractivity contribution < 1.29 is 9.13 Å². The molecule has 7 nitrogen and oxygen atoms in total. The second-order valence-corrected chi connectivity index (χ2v) is 7.17. The molecule has 1 saturated carbocycles. The molecule has 0 atom stereocenters. The van der Waals surface area contributed by atoms with Crippen molar-refractivity contribution in [3.05, 3.63) is 30.2 Å². The highest BCUT2D eigenvalue weighted by molar-refractivity contribution is 5.91. The number of halogens is 1. The van der Waals surface area contributed by atoms with Crippen LogP contribution in [-0.4, -0.2) is 32.4 Å². The molecule has 0 bridgehead atoms. The molecule has 4 N–H and O–H groups in total. The third kappa shape index (κ3) is 3.57. The highest BCUT2D eigenvalue weighted by atomic mass is 19.1. The van der Waals surface area contributed by atoms with Gasteiger partial charge in [0.2, 0.25) is 5.95 Å². The van der Waals surface area contributed by atoms with Gasteiger partial charge in [0, 0.05) is 24.8 Å². The molecule has 2 heterocycles. The minimum absolute atomic E-state index is 0.177. The van der Waals surface area contributed by atoms with Crippen LogP contribution in [0.25, 0.3) is 22.3 Å². The van der Waals surface area contributed by atoms with E-state index < -0.39 is 5.82 Å². The molecular formula is C19H23FN6O. The first-order valence-electron chi connectivity index (χ1n) is 9.15. The lowest BCUT2D eigenvalue weighted by molar-refractivity contribution is 0.195. The molecule has 1 aliphatic carbocycles. The van der Waals surface area contributed by atoms with E-state index >= 15 is 0 Å². The normalized spacial score (nSPS) is 20.1. The van der Waals surface area contributed by atoms with Crippen LogP contribution < -0.4 is 16.2 Å². The van der Waals surface area contributed by atoms with Gasteiger partial charge in [-0.25, -0.2) is 14.1 Å². The van der Waals surface area contributed by atoms with Crippen LogP contribution >= 0.6 is 0 Å². The van der Waals surface area contributed by atoms with E-state index in [4.69, 9.17) is 16.2 Å². The van der Waals surface area contributed by atoms with Crippen molar-refractivity contribution in [2.24, 2.45) is 18.7 Å². The highest BCUT2D eigenvalue weighted by Crippen LogP contribution is 2.31. The molecule has 1 fully saturated rings. The molecule has 4 rings (SSSR count). The Balaban J connectivity index is 1.54. The lowest BCUT2D eigenvalue weighted by atomic mass is 9.87. The molecule has 27 heavy (non-hydrogen) atoms. The number of fused-ring (bicyclic) bond motifs is 1. The van der Waals surface area contributed by atoms with Crippen LogP contribution in [0.3, 0.4) is 0 Å². The molecule has 0 saturated heterocycles. The van der Waals surface area contributed by atoms with E-state index in [9.17, 15) is 4.39 Å². The van der Waals surface area contributed by atoms with Crippen molar-refractivity contribution in [3.63, 3.8) is 0 Å². The lowest BCUT2D eigenvalue weighted by Crippen LogP contribution is -2.28. The van der Waals surface area contributed by atoms with Gasteiger partial charge in [-0.05, 0) is 49.8 Å². The number of aryl methyl sites for hydroxylation is 1. The average molecular weight is 370 g/mol. The number of hydrogen-bond donors (Lipinski definition) is 2. The fourth-order valence-corrected chi connectivity index (χ4v) is 3.59. The fourth-order valence-electron chi connectivity index (χ4n) is 3.59. The molecule has 2 aromatic heterocycles. The summed E-state index contributed by atoms with van der Waals surface area (Å²) in [7, 11) is 1.77. The zero-order chi connectivity index (χ0) is 19.0. The first-order chi connectivity index (χ1) is 13.0. The Morgan fingerprint density at radius 2 is 2.04 bits per heavy atom. The molecule has 0 spiro atoms. The fraction of sp³-hybridized carbons (Fsp3) is 0.421. The number of hydrogen-bond acceptors (Lipinski definition) is 6. The van der Waals surface area contributed by atoms with Gasteiger partial charge in [0.05, 0.1) is 12.0 Å². The van der Waals surface area contributed by atoms with E-state index in [1.165, 1.54) is 6.07 Å². The summed E-state index contributed by atoms with van der Waals surface area (Å²) in [6, 6.07) is 5.18.